The minimum atomic E-state index is -6.00. The van der Waals surface area contributed by atoms with Gasteiger partial charge in [0.25, 0.3) is 0 Å². The van der Waals surface area contributed by atoms with Crippen LogP contribution >= 0.6 is 7.26 Å². The number of hydrogen-bond donors (Lipinski definition) is 0. The van der Waals surface area contributed by atoms with E-state index in [9.17, 15) is 17.3 Å². The second-order valence-electron chi connectivity index (χ2n) is 3.70. The highest BCUT2D eigenvalue weighted by molar-refractivity contribution is 7.74. The van der Waals surface area contributed by atoms with Crippen molar-refractivity contribution in [3.8, 4) is 0 Å². The van der Waals surface area contributed by atoms with E-state index in [1.165, 1.54) is 0 Å². The molecule has 0 N–H and O–H groups in total. The van der Waals surface area contributed by atoms with Crippen molar-refractivity contribution >= 4 is 14.5 Å². The van der Waals surface area contributed by atoms with E-state index in [1.807, 2.05) is 0 Å². The zero-order valence-corrected chi connectivity index (χ0v) is 9.01. The Labute approximate surface area is 72.2 Å². The van der Waals surface area contributed by atoms with E-state index in [0.29, 0.717) is 0 Å². The second kappa shape index (κ2) is 5.06. The summed E-state index contributed by atoms with van der Waals surface area (Å²) in [5, 5.41) is 0. The Morgan fingerprint density at radius 2 is 1.00 bits per heavy atom. The highest BCUT2D eigenvalue weighted by atomic mass is 31.2. The normalized spacial score (nSPS) is 12.5. The SMILES string of the molecule is CC(C)[P+](C)(C)C.F[B-](F)(F)F. The lowest BCUT2D eigenvalue weighted by atomic mass is 10.3. The van der Waals surface area contributed by atoms with Crippen LogP contribution in [0.1, 0.15) is 13.8 Å². The molecule has 0 spiro atoms. The molecule has 0 aliphatic heterocycles. The molecule has 0 aliphatic rings. The molecule has 0 saturated heterocycles. The van der Waals surface area contributed by atoms with Gasteiger partial charge in [-0.15, -0.1) is 0 Å². The maximum Gasteiger partial charge on any atom is 0.673 e. The van der Waals surface area contributed by atoms with E-state index >= 15 is 0 Å². The summed E-state index contributed by atoms with van der Waals surface area (Å²) >= 11 is 0. The van der Waals surface area contributed by atoms with Gasteiger partial charge in [-0.3, -0.25) is 0 Å². The van der Waals surface area contributed by atoms with Crippen molar-refractivity contribution in [2.45, 2.75) is 19.5 Å². The highest BCUT2D eigenvalue weighted by Crippen LogP contribution is 2.51. The third kappa shape index (κ3) is 22.5. The van der Waals surface area contributed by atoms with Crippen LogP contribution < -0.4 is 0 Å². The minimum Gasteiger partial charge on any atom is -0.418 e. The Kier molecular flexibility index (Phi) is 6.20. The Morgan fingerprint density at radius 3 is 1.00 bits per heavy atom. The summed E-state index contributed by atoms with van der Waals surface area (Å²) in [5.41, 5.74) is 0.910. The van der Waals surface area contributed by atoms with Gasteiger partial charge >= 0.3 is 7.25 Å². The molecular weight excluding hydrogens is 190 g/mol. The topological polar surface area (TPSA) is 0 Å². The van der Waals surface area contributed by atoms with Gasteiger partial charge in [0, 0.05) is 27.3 Å². The first-order valence-corrected chi connectivity index (χ1v) is 6.83. The van der Waals surface area contributed by atoms with Crippen molar-refractivity contribution in [3.05, 3.63) is 0 Å². The van der Waals surface area contributed by atoms with E-state index in [4.69, 9.17) is 0 Å². The van der Waals surface area contributed by atoms with Crippen molar-refractivity contribution in [2.24, 2.45) is 0 Å². The molecule has 0 aromatic heterocycles. The molecule has 12 heavy (non-hydrogen) atoms. The predicted octanol–water partition coefficient (Wildman–Crippen LogP) is 3.60. The van der Waals surface area contributed by atoms with Crippen LogP contribution in [0.15, 0.2) is 0 Å². The van der Waals surface area contributed by atoms with Crippen molar-refractivity contribution in [3.63, 3.8) is 0 Å². The first-order chi connectivity index (χ1) is 4.94. The van der Waals surface area contributed by atoms with Gasteiger partial charge < -0.3 is 17.3 Å². The largest absolute Gasteiger partial charge is 0.673 e. The van der Waals surface area contributed by atoms with Crippen LogP contribution in [0.25, 0.3) is 0 Å². The molecule has 0 amide bonds. The standard InChI is InChI=1S/C6H16P.BF4/c1-6(2)7(3,4)5;2-1(3,4)5/h6H,1-5H3;/q+1;-1. The summed E-state index contributed by atoms with van der Waals surface area (Å²) in [6, 6.07) is 0. The van der Waals surface area contributed by atoms with Crippen LogP contribution in [-0.2, 0) is 0 Å². The highest BCUT2D eigenvalue weighted by Gasteiger charge is 2.21. The first-order valence-electron chi connectivity index (χ1n) is 3.63. The molecule has 0 rings (SSSR count). The summed E-state index contributed by atoms with van der Waals surface area (Å²) < 4.78 is 39.0. The molecule has 0 aromatic rings. The van der Waals surface area contributed by atoms with Crippen molar-refractivity contribution in [1.29, 1.82) is 0 Å². The molecule has 0 fully saturated rings. The Hall–Kier alpha value is 0.215. The van der Waals surface area contributed by atoms with Crippen LogP contribution in [0.2, 0.25) is 0 Å². The van der Waals surface area contributed by atoms with E-state index in [-0.39, 0.29) is 0 Å². The molecular formula is C6H16BF4P. The van der Waals surface area contributed by atoms with Crippen LogP contribution in [0.4, 0.5) is 17.3 Å². The van der Waals surface area contributed by atoms with Crippen molar-refractivity contribution in [2.75, 3.05) is 20.0 Å². The summed E-state index contributed by atoms with van der Waals surface area (Å²) in [4.78, 5) is 0. The van der Waals surface area contributed by atoms with Crippen molar-refractivity contribution < 1.29 is 17.3 Å². The van der Waals surface area contributed by atoms with Gasteiger partial charge in [-0.25, -0.2) is 0 Å². The molecule has 0 nitrogen and oxygen atoms in total. The lowest BCUT2D eigenvalue weighted by Crippen LogP contribution is -2.02. The van der Waals surface area contributed by atoms with Crippen LogP contribution in [0.5, 0.6) is 0 Å². The molecule has 0 atom stereocenters. The zero-order chi connectivity index (χ0) is 10.6. The summed E-state index contributed by atoms with van der Waals surface area (Å²) in [6.07, 6.45) is 0. The third-order valence-corrected chi connectivity index (χ3v) is 4.65. The number of rotatable bonds is 1. The molecule has 0 unspecified atom stereocenters. The fraction of sp³-hybridized carbons (Fsp3) is 1.00. The fourth-order valence-electron chi connectivity index (χ4n) is 0. The smallest absolute Gasteiger partial charge is 0.418 e. The fourth-order valence-corrected chi connectivity index (χ4v) is 0. The molecule has 0 aromatic carbocycles. The van der Waals surface area contributed by atoms with Crippen LogP contribution in [-0.4, -0.2) is 32.9 Å². The lowest BCUT2D eigenvalue weighted by molar-refractivity contribution is 0.368. The lowest BCUT2D eigenvalue weighted by Gasteiger charge is -2.15. The van der Waals surface area contributed by atoms with Gasteiger partial charge in [0.2, 0.25) is 0 Å². The number of hydrogen-bond acceptors (Lipinski definition) is 0. The van der Waals surface area contributed by atoms with Gasteiger partial charge in [-0.2, -0.15) is 0 Å². The monoisotopic (exact) mass is 206 g/mol. The van der Waals surface area contributed by atoms with Gasteiger partial charge in [0.15, 0.2) is 0 Å². The third-order valence-electron chi connectivity index (χ3n) is 1.55. The van der Waals surface area contributed by atoms with Gasteiger partial charge in [-0.1, -0.05) is 0 Å². The molecule has 0 radical (unpaired) electrons. The Balaban J connectivity index is 0. The molecule has 0 heterocycles. The quantitative estimate of drug-likeness (QED) is 0.349. The summed E-state index contributed by atoms with van der Waals surface area (Å²) in [5.74, 6) is 0. The maximum atomic E-state index is 9.75. The van der Waals surface area contributed by atoms with Gasteiger partial charge in [-0.05, 0) is 13.8 Å². The van der Waals surface area contributed by atoms with Crippen LogP contribution in [0.3, 0.4) is 0 Å². The van der Waals surface area contributed by atoms with Crippen LogP contribution in [0, 0.1) is 0 Å². The summed E-state index contributed by atoms with van der Waals surface area (Å²) in [7, 11) is -6.49. The summed E-state index contributed by atoms with van der Waals surface area (Å²) in [6.45, 7) is 11.7. The Morgan fingerprint density at radius 1 is 0.917 bits per heavy atom. The molecule has 76 valence electrons. The van der Waals surface area contributed by atoms with Gasteiger partial charge in [0.1, 0.15) is 0 Å². The minimum absolute atomic E-state index is 0.488. The molecule has 0 saturated carbocycles. The first kappa shape index (κ1) is 14.7. The average Bonchev–Trinajstić information content (AvgIpc) is 1.55. The maximum absolute atomic E-state index is 9.75. The average molecular weight is 206 g/mol. The molecule has 0 aliphatic carbocycles. The van der Waals surface area contributed by atoms with Gasteiger partial charge in [0.05, 0.1) is 5.66 Å². The van der Waals surface area contributed by atoms with E-state index < -0.39 is 14.5 Å². The predicted molar refractivity (Wildman–Crippen MR) is 50.0 cm³/mol. The zero-order valence-electron chi connectivity index (χ0n) is 8.11. The van der Waals surface area contributed by atoms with E-state index in [2.05, 4.69) is 33.8 Å². The molecule has 6 heteroatoms. The number of halogens is 4. The van der Waals surface area contributed by atoms with Crippen molar-refractivity contribution in [1.82, 2.24) is 0 Å². The van der Waals surface area contributed by atoms with E-state index in [0.717, 1.165) is 5.66 Å². The molecule has 0 bridgehead atoms. The van der Waals surface area contributed by atoms with E-state index in [1.54, 1.807) is 0 Å². The Bertz CT molecular complexity index is 110. The second-order valence-corrected chi connectivity index (χ2v) is 8.97.